The van der Waals surface area contributed by atoms with Crippen LogP contribution in [0.1, 0.15) is 32.0 Å². The molecule has 1 atom stereocenters. The zero-order valence-corrected chi connectivity index (χ0v) is 10.4. The van der Waals surface area contributed by atoms with E-state index in [2.05, 4.69) is 36.4 Å². The third-order valence-corrected chi connectivity index (χ3v) is 2.94. The molecule has 0 saturated heterocycles. The SMILES string of the molecule is CC(C)CC(NN)c1nccc2ccccc12. The van der Waals surface area contributed by atoms with Crippen LogP contribution in [0.2, 0.25) is 0 Å². The van der Waals surface area contributed by atoms with Crippen LogP contribution in [0, 0.1) is 5.92 Å². The molecule has 2 rings (SSSR count). The van der Waals surface area contributed by atoms with E-state index in [0.717, 1.165) is 12.1 Å². The summed E-state index contributed by atoms with van der Waals surface area (Å²) in [5.74, 6) is 6.23. The Labute approximate surface area is 102 Å². The molecule has 0 fully saturated rings. The average molecular weight is 229 g/mol. The van der Waals surface area contributed by atoms with Crippen LogP contribution >= 0.6 is 0 Å². The van der Waals surface area contributed by atoms with Crippen molar-refractivity contribution in [1.82, 2.24) is 10.4 Å². The van der Waals surface area contributed by atoms with Crippen LogP contribution in [-0.4, -0.2) is 4.98 Å². The average Bonchev–Trinajstić information content (AvgIpc) is 2.35. The minimum absolute atomic E-state index is 0.112. The monoisotopic (exact) mass is 229 g/mol. The smallest absolute Gasteiger partial charge is 0.0664 e. The van der Waals surface area contributed by atoms with E-state index in [1.54, 1.807) is 0 Å². The van der Waals surface area contributed by atoms with Gasteiger partial charge in [0.15, 0.2) is 0 Å². The number of pyridine rings is 1. The molecule has 1 heterocycles. The van der Waals surface area contributed by atoms with Crippen molar-refractivity contribution in [3.05, 3.63) is 42.2 Å². The normalized spacial score (nSPS) is 13.2. The van der Waals surface area contributed by atoms with Crippen LogP contribution in [0.25, 0.3) is 10.8 Å². The summed E-state index contributed by atoms with van der Waals surface area (Å²) in [5, 5.41) is 2.39. The Hall–Kier alpha value is -1.45. The molecule has 0 bridgehead atoms. The van der Waals surface area contributed by atoms with Gasteiger partial charge in [-0.05, 0) is 23.8 Å². The zero-order chi connectivity index (χ0) is 12.3. The maximum atomic E-state index is 5.65. The Morgan fingerprint density at radius 2 is 2.00 bits per heavy atom. The highest BCUT2D eigenvalue weighted by Gasteiger charge is 2.15. The van der Waals surface area contributed by atoms with E-state index in [9.17, 15) is 0 Å². The number of hydrogen-bond acceptors (Lipinski definition) is 3. The molecule has 17 heavy (non-hydrogen) atoms. The number of benzene rings is 1. The van der Waals surface area contributed by atoms with Crippen LogP contribution in [-0.2, 0) is 0 Å². The lowest BCUT2D eigenvalue weighted by Gasteiger charge is -2.19. The standard InChI is InChI=1S/C14H19N3/c1-10(2)9-13(17-15)14-12-6-4-3-5-11(12)7-8-16-14/h3-8,10,13,17H,9,15H2,1-2H3. The summed E-state index contributed by atoms with van der Waals surface area (Å²) < 4.78 is 0. The number of nitrogens with one attached hydrogen (secondary N) is 1. The van der Waals surface area contributed by atoms with Gasteiger partial charge in [0.1, 0.15) is 0 Å². The highest BCUT2D eigenvalue weighted by molar-refractivity contribution is 5.84. The Morgan fingerprint density at radius 3 is 2.71 bits per heavy atom. The minimum Gasteiger partial charge on any atom is -0.271 e. The molecule has 0 saturated carbocycles. The van der Waals surface area contributed by atoms with Crippen LogP contribution in [0.3, 0.4) is 0 Å². The molecule has 1 aromatic carbocycles. The maximum absolute atomic E-state index is 5.65. The Morgan fingerprint density at radius 1 is 1.24 bits per heavy atom. The van der Waals surface area contributed by atoms with Gasteiger partial charge in [0, 0.05) is 11.6 Å². The number of rotatable bonds is 4. The summed E-state index contributed by atoms with van der Waals surface area (Å²) >= 11 is 0. The maximum Gasteiger partial charge on any atom is 0.0664 e. The topological polar surface area (TPSA) is 50.9 Å². The molecule has 3 nitrogen and oxygen atoms in total. The molecular formula is C14H19N3. The van der Waals surface area contributed by atoms with Gasteiger partial charge >= 0.3 is 0 Å². The fourth-order valence-electron chi connectivity index (χ4n) is 2.15. The van der Waals surface area contributed by atoms with Gasteiger partial charge in [-0.1, -0.05) is 38.1 Å². The molecule has 0 aliphatic rings. The van der Waals surface area contributed by atoms with Crippen molar-refractivity contribution in [3.8, 4) is 0 Å². The van der Waals surface area contributed by atoms with Crippen LogP contribution in [0.5, 0.6) is 0 Å². The van der Waals surface area contributed by atoms with E-state index in [-0.39, 0.29) is 6.04 Å². The molecule has 0 aliphatic carbocycles. The van der Waals surface area contributed by atoms with E-state index >= 15 is 0 Å². The van der Waals surface area contributed by atoms with E-state index in [4.69, 9.17) is 5.84 Å². The number of nitrogens with two attached hydrogens (primary N) is 1. The Balaban J connectivity index is 2.46. The highest BCUT2D eigenvalue weighted by atomic mass is 15.2. The number of nitrogens with zero attached hydrogens (tertiary/aromatic N) is 1. The van der Waals surface area contributed by atoms with Gasteiger partial charge < -0.3 is 0 Å². The quantitative estimate of drug-likeness (QED) is 0.626. The molecule has 1 aromatic heterocycles. The van der Waals surface area contributed by atoms with Crippen molar-refractivity contribution in [1.29, 1.82) is 0 Å². The Bertz CT molecular complexity index is 488. The van der Waals surface area contributed by atoms with Crippen LogP contribution < -0.4 is 11.3 Å². The lowest BCUT2D eigenvalue weighted by Crippen LogP contribution is -2.29. The van der Waals surface area contributed by atoms with Crippen molar-refractivity contribution in [2.24, 2.45) is 11.8 Å². The Kier molecular flexibility index (Phi) is 3.71. The van der Waals surface area contributed by atoms with Gasteiger partial charge in [0.25, 0.3) is 0 Å². The summed E-state index contributed by atoms with van der Waals surface area (Å²) in [7, 11) is 0. The fraction of sp³-hybridized carbons (Fsp3) is 0.357. The van der Waals surface area contributed by atoms with Gasteiger partial charge in [0.2, 0.25) is 0 Å². The molecule has 3 N–H and O–H groups in total. The molecule has 0 aliphatic heterocycles. The molecule has 0 spiro atoms. The number of hydrazine groups is 1. The predicted molar refractivity (Wildman–Crippen MR) is 71.3 cm³/mol. The van der Waals surface area contributed by atoms with Crippen molar-refractivity contribution in [2.75, 3.05) is 0 Å². The lowest BCUT2D eigenvalue weighted by molar-refractivity contribution is 0.433. The van der Waals surface area contributed by atoms with Gasteiger partial charge in [-0.25, -0.2) is 0 Å². The summed E-state index contributed by atoms with van der Waals surface area (Å²) in [6, 6.07) is 10.4. The fourth-order valence-corrected chi connectivity index (χ4v) is 2.15. The van der Waals surface area contributed by atoms with Crippen molar-refractivity contribution < 1.29 is 0 Å². The third kappa shape index (κ3) is 2.62. The van der Waals surface area contributed by atoms with Gasteiger partial charge in [-0.3, -0.25) is 16.3 Å². The summed E-state index contributed by atoms with van der Waals surface area (Å²) in [4.78, 5) is 4.49. The van der Waals surface area contributed by atoms with Crippen molar-refractivity contribution >= 4 is 10.8 Å². The molecule has 1 unspecified atom stereocenters. The first-order valence-corrected chi connectivity index (χ1v) is 6.02. The molecule has 90 valence electrons. The minimum atomic E-state index is 0.112. The molecule has 2 aromatic rings. The molecule has 0 radical (unpaired) electrons. The second kappa shape index (κ2) is 5.25. The van der Waals surface area contributed by atoms with Crippen LogP contribution in [0.15, 0.2) is 36.5 Å². The van der Waals surface area contributed by atoms with E-state index in [1.165, 1.54) is 10.8 Å². The van der Waals surface area contributed by atoms with Crippen molar-refractivity contribution in [2.45, 2.75) is 26.3 Å². The lowest BCUT2D eigenvalue weighted by atomic mass is 9.98. The largest absolute Gasteiger partial charge is 0.271 e. The molecule has 3 heteroatoms. The van der Waals surface area contributed by atoms with E-state index < -0.39 is 0 Å². The summed E-state index contributed by atoms with van der Waals surface area (Å²) in [6.45, 7) is 4.38. The second-order valence-electron chi connectivity index (χ2n) is 4.77. The molecular weight excluding hydrogens is 210 g/mol. The number of hydrogen-bond donors (Lipinski definition) is 2. The second-order valence-corrected chi connectivity index (χ2v) is 4.77. The summed E-state index contributed by atoms with van der Waals surface area (Å²) in [6.07, 6.45) is 2.83. The van der Waals surface area contributed by atoms with Gasteiger partial charge in [-0.15, -0.1) is 0 Å². The first-order valence-electron chi connectivity index (χ1n) is 6.02. The van der Waals surface area contributed by atoms with Gasteiger partial charge in [-0.2, -0.15) is 0 Å². The molecule has 0 amide bonds. The number of aromatic nitrogens is 1. The first kappa shape index (κ1) is 12.0. The van der Waals surface area contributed by atoms with E-state index in [0.29, 0.717) is 5.92 Å². The van der Waals surface area contributed by atoms with Crippen LogP contribution in [0.4, 0.5) is 0 Å². The van der Waals surface area contributed by atoms with Crippen molar-refractivity contribution in [3.63, 3.8) is 0 Å². The number of fused-ring (bicyclic) bond motifs is 1. The predicted octanol–water partition coefficient (Wildman–Crippen LogP) is 2.79. The summed E-state index contributed by atoms with van der Waals surface area (Å²) in [5.41, 5.74) is 3.92. The first-order chi connectivity index (χ1) is 8.22. The highest BCUT2D eigenvalue weighted by Crippen LogP contribution is 2.25. The third-order valence-electron chi connectivity index (χ3n) is 2.94. The van der Waals surface area contributed by atoms with Gasteiger partial charge in [0.05, 0.1) is 11.7 Å². The zero-order valence-electron chi connectivity index (χ0n) is 10.4. The van der Waals surface area contributed by atoms with E-state index in [1.807, 2.05) is 24.4 Å².